The van der Waals surface area contributed by atoms with Crippen molar-refractivity contribution in [2.45, 2.75) is 75.5 Å². The summed E-state index contributed by atoms with van der Waals surface area (Å²) in [5, 5.41) is 3.78. The zero-order chi connectivity index (χ0) is 13.5. The van der Waals surface area contributed by atoms with Crippen LogP contribution in [0.2, 0.25) is 0 Å². The summed E-state index contributed by atoms with van der Waals surface area (Å²) in [5.41, 5.74) is 0. The maximum Gasteiger partial charge on any atom is 0.0223 e. The minimum atomic E-state index is 0.853. The maximum absolute atomic E-state index is 3.78. The van der Waals surface area contributed by atoms with Crippen molar-refractivity contribution < 1.29 is 0 Å². The lowest BCUT2D eigenvalue weighted by atomic mass is 9.89. The Morgan fingerprint density at radius 3 is 2.50 bits per heavy atom. The molecule has 4 aliphatic heterocycles. The normalized spacial score (nSPS) is 45.8. The number of likely N-dealkylation sites (tertiary alicyclic amines) is 1. The zero-order valence-electron chi connectivity index (χ0n) is 13.1. The molecule has 3 nitrogen and oxygen atoms in total. The molecule has 4 heterocycles. The first-order valence-electron chi connectivity index (χ1n) is 8.98. The first-order valence-corrected chi connectivity index (χ1v) is 8.98. The van der Waals surface area contributed by atoms with Gasteiger partial charge in [0.05, 0.1) is 0 Å². The van der Waals surface area contributed by atoms with Gasteiger partial charge in [-0.2, -0.15) is 0 Å². The molecule has 20 heavy (non-hydrogen) atoms. The summed E-state index contributed by atoms with van der Waals surface area (Å²) >= 11 is 0. The van der Waals surface area contributed by atoms with Crippen LogP contribution in [0.4, 0.5) is 0 Å². The number of rotatable bonds is 3. The van der Waals surface area contributed by atoms with Crippen LogP contribution in [0.3, 0.4) is 0 Å². The third-order valence-electron chi connectivity index (χ3n) is 6.66. The number of likely N-dealkylation sites (N-methyl/N-ethyl adjacent to an activating group) is 1. The minimum Gasteiger partial charge on any atom is -0.311 e. The van der Waals surface area contributed by atoms with Crippen molar-refractivity contribution >= 4 is 0 Å². The second-order valence-electron chi connectivity index (χ2n) is 7.90. The van der Waals surface area contributed by atoms with Crippen LogP contribution in [0.25, 0.3) is 0 Å². The Morgan fingerprint density at radius 2 is 1.70 bits per heavy atom. The number of piperidine rings is 1. The van der Waals surface area contributed by atoms with Gasteiger partial charge in [0.1, 0.15) is 0 Å². The standard InChI is InChI=1S/C17H31N3/c1-19-16-4-5-17(19)12-20(9-7-16)8-6-13-10-14-2-3-15(11-13)18-14/h13-18H,2-12H2,1H3. The Bertz CT molecular complexity index is 333. The van der Waals surface area contributed by atoms with Crippen LogP contribution in [0.15, 0.2) is 0 Å². The van der Waals surface area contributed by atoms with Crippen LogP contribution in [-0.2, 0) is 0 Å². The van der Waals surface area contributed by atoms with Crippen molar-refractivity contribution in [2.24, 2.45) is 5.92 Å². The van der Waals surface area contributed by atoms with Crippen LogP contribution in [0.5, 0.6) is 0 Å². The summed E-state index contributed by atoms with van der Waals surface area (Å²) in [6, 6.07) is 3.47. The van der Waals surface area contributed by atoms with Crippen molar-refractivity contribution in [1.82, 2.24) is 15.1 Å². The Morgan fingerprint density at radius 1 is 0.950 bits per heavy atom. The fourth-order valence-corrected chi connectivity index (χ4v) is 5.36. The minimum absolute atomic E-state index is 0.853. The summed E-state index contributed by atoms with van der Waals surface area (Å²) in [4.78, 5) is 5.45. The van der Waals surface area contributed by atoms with Gasteiger partial charge in [-0.25, -0.2) is 0 Å². The summed E-state index contributed by atoms with van der Waals surface area (Å²) < 4.78 is 0. The molecule has 114 valence electrons. The van der Waals surface area contributed by atoms with E-state index >= 15 is 0 Å². The van der Waals surface area contributed by atoms with Crippen molar-refractivity contribution in [3.8, 4) is 0 Å². The van der Waals surface area contributed by atoms with E-state index in [2.05, 4.69) is 22.2 Å². The molecule has 4 aliphatic rings. The molecule has 0 spiro atoms. The quantitative estimate of drug-likeness (QED) is 0.852. The lowest BCUT2D eigenvalue weighted by Crippen LogP contribution is -2.40. The molecule has 0 amide bonds. The van der Waals surface area contributed by atoms with Gasteiger partial charge in [-0.15, -0.1) is 0 Å². The number of nitrogens with zero attached hydrogens (tertiary/aromatic N) is 2. The summed E-state index contributed by atoms with van der Waals surface area (Å²) in [7, 11) is 2.36. The Kier molecular flexibility index (Phi) is 3.78. The number of fused-ring (bicyclic) bond motifs is 4. The van der Waals surface area contributed by atoms with Crippen molar-refractivity contribution in [3.05, 3.63) is 0 Å². The SMILES string of the molecule is CN1C2CCC1CN(CCC1CC3CCC(C1)N3)CC2. The van der Waals surface area contributed by atoms with E-state index < -0.39 is 0 Å². The first kappa shape index (κ1) is 13.5. The molecule has 0 radical (unpaired) electrons. The molecule has 0 aromatic carbocycles. The molecule has 4 fully saturated rings. The maximum atomic E-state index is 3.78. The predicted molar refractivity (Wildman–Crippen MR) is 82.9 cm³/mol. The van der Waals surface area contributed by atoms with Gasteiger partial charge >= 0.3 is 0 Å². The van der Waals surface area contributed by atoms with E-state index in [9.17, 15) is 0 Å². The van der Waals surface area contributed by atoms with Crippen molar-refractivity contribution in [1.29, 1.82) is 0 Å². The van der Waals surface area contributed by atoms with Crippen molar-refractivity contribution in [2.75, 3.05) is 26.7 Å². The third kappa shape index (κ3) is 2.65. The highest BCUT2D eigenvalue weighted by molar-refractivity contribution is 4.93. The van der Waals surface area contributed by atoms with E-state index in [1.807, 2.05) is 0 Å². The lowest BCUT2D eigenvalue weighted by Gasteiger charge is -2.32. The highest BCUT2D eigenvalue weighted by Gasteiger charge is 2.36. The van der Waals surface area contributed by atoms with Gasteiger partial charge in [0.25, 0.3) is 0 Å². The van der Waals surface area contributed by atoms with Gasteiger partial charge in [0.15, 0.2) is 0 Å². The second kappa shape index (κ2) is 5.58. The highest BCUT2D eigenvalue weighted by Crippen LogP contribution is 2.33. The molecule has 4 saturated heterocycles. The number of hydrogen-bond acceptors (Lipinski definition) is 3. The Labute approximate surface area is 124 Å². The van der Waals surface area contributed by atoms with Gasteiger partial charge < -0.3 is 10.2 Å². The van der Waals surface area contributed by atoms with Gasteiger partial charge in [0, 0.05) is 30.7 Å². The summed E-state index contributed by atoms with van der Waals surface area (Å²) in [6.45, 7) is 4.05. The van der Waals surface area contributed by atoms with Gasteiger partial charge in [0.2, 0.25) is 0 Å². The monoisotopic (exact) mass is 277 g/mol. The van der Waals surface area contributed by atoms with Crippen molar-refractivity contribution in [3.63, 3.8) is 0 Å². The summed E-state index contributed by atoms with van der Waals surface area (Å²) in [6.07, 6.45) is 11.5. The molecule has 0 aromatic rings. The van der Waals surface area contributed by atoms with Crippen LogP contribution in [0, 0.1) is 5.92 Å². The van der Waals surface area contributed by atoms with Gasteiger partial charge in [-0.1, -0.05) is 0 Å². The third-order valence-corrected chi connectivity index (χ3v) is 6.66. The molecule has 0 aliphatic carbocycles. The van der Waals surface area contributed by atoms with Crippen LogP contribution in [0.1, 0.15) is 51.4 Å². The Hall–Kier alpha value is -0.120. The molecule has 4 bridgehead atoms. The topological polar surface area (TPSA) is 18.5 Å². The second-order valence-corrected chi connectivity index (χ2v) is 7.90. The predicted octanol–water partition coefficient (Wildman–Crippen LogP) is 2.08. The fourth-order valence-electron chi connectivity index (χ4n) is 5.36. The molecule has 0 saturated carbocycles. The average Bonchev–Trinajstić information content (AvgIpc) is 2.89. The van der Waals surface area contributed by atoms with Crippen LogP contribution in [-0.4, -0.2) is 60.6 Å². The largest absolute Gasteiger partial charge is 0.311 e. The fraction of sp³-hybridized carbons (Fsp3) is 1.00. The summed E-state index contributed by atoms with van der Waals surface area (Å²) in [5.74, 6) is 1.01. The average molecular weight is 277 g/mol. The molecule has 0 aromatic heterocycles. The first-order chi connectivity index (χ1) is 9.78. The zero-order valence-corrected chi connectivity index (χ0v) is 13.1. The van der Waals surface area contributed by atoms with Gasteiger partial charge in [-0.3, -0.25) is 4.90 Å². The highest BCUT2D eigenvalue weighted by atomic mass is 15.3. The molecule has 3 heteroatoms. The molecular formula is C17H31N3. The molecule has 4 atom stereocenters. The van der Waals surface area contributed by atoms with Crippen LogP contribution >= 0.6 is 0 Å². The molecular weight excluding hydrogens is 246 g/mol. The molecule has 4 rings (SSSR count). The Balaban J connectivity index is 1.27. The van der Waals surface area contributed by atoms with E-state index in [-0.39, 0.29) is 0 Å². The van der Waals surface area contributed by atoms with E-state index in [4.69, 9.17) is 0 Å². The number of hydrogen-bond donors (Lipinski definition) is 1. The van der Waals surface area contributed by atoms with Crippen LogP contribution < -0.4 is 5.32 Å². The van der Waals surface area contributed by atoms with E-state index in [1.54, 1.807) is 0 Å². The van der Waals surface area contributed by atoms with E-state index in [0.29, 0.717) is 0 Å². The van der Waals surface area contributed by atoms with Gasteiger partial charge in [-0.05, 0) is 77.4 Å². The molecule has 4 unspecified atom stereocenters. The molecule has 1 N–H and O–H groups in total. The lowest BCUT2D eigenvalue weighted by molar-refractivity contribution is 0.195. The van der Waals surface area contributed by atoms with E-state index in [0.717, 1.165) is 30.1 Å². The van der Waals surface area contributed by atoms with E-state index in [1.165, 1.54) is 71.0 Å². The smallest absolute Gasteiger partial charge is 0.0223 e. The number of nitrogens with one attached hydrogen (secondary N) is 1.